The number of nitrogens with zero attached hydrogens (tertiary/aromatic N) is 3. The minimum atomic E-state index is 0.0360. The average molecular weight is 341 g/mol. The third-order valence-electron chi connectivity index (χ3n) is 5.11. The highest BCUT2D eigenvalue weighted by molar-refractivity contribution is 5.94. The van der Waals surface area contributed by atoms with Crippen LogP contribution in [0.3, 0.4) is 0 Å². The molecule has 1 aromatic heterocycles. The Balaban J connectivity index is 1.49. The zero-order valence-corrected chi connectivity index (χ0v) is 14.2. The van der Waals surface area contributed by atoms with Crippen molar-refractivity contribution in [1.82, 2.24) is 15.0 Å². The molecule has 1 atom stereocenters. The second kappa shape index (κ2) is 6.96. The molecule has 1 aliphatic carbocycles. The van der Waals surface area contributed by atoms with Gasteiger partial charge in [-0.1, -0.05) is 5.16 Å². The van der Waals surface area contributed by atoms with E-state index in [1.165, 1.54) is 0 Å². The number of hydrogen-bond donors (Lipinski definition) is 1. The van der Waals surface area contributed by atoms with Crippen LogP contribution in [-0.2, 0) is 0 Å². The maximum Gasteiger partial charge on any atom is 0.257 e. The van der Waals surface area contributed by atoms with Gasteiger partial charge in [0.1, 0.15) is 0 Å². The lowest BCUT2D eigenvalue weighted by atomic mass is 9.98. The van der Waals surface area contributed by atoms with Crippen LogP contribution in [0, 0.1) is 0 Å². The van der Waals surface area contributed by atoms with Crippen molar-refractivity contribution in [3.63, 3.8) is 0 Å². The molecule has 0 bridgehead atoms. The number of aliphatic hydroxyl groups excluding tert-OH is 1. The van der Waals surface area contributed by atoms with E-state index in [0.717, 1.165) is 50.0 Å². The molecule has 2 fully saturated rings. The van der Waals surface area contributed by atoms with Crippen molar-refractivity contribution < 1.29 is 14.4 Å². The van der Waals surface area contributed by atoms with Crippen LogP contribution in [0.4, 0.5) is 0 Å². The van der Waals surface area contributed by atoms with Gasteiger partial charge in [0.2, 0.25) is 0 Å². The number of aliphatic hydroxyl groups is 1. The molecular formula is C19H23N3O3. The van der Waals surface area contributed by atoms with Crippen LogP contribution in [-0.4, -0.2) is 45.2 Å². The third kappa shape index (κ3) is 3.44. The molecule has 132 valence electrons. The van der Waals surface area contributed by atoms with Gasteiger partial charge in [0, 0.05) is 36.2 Å². The first-order chi connectivity index (χ1) is 12.3. The fraction of sp³-hybridized carbons (Fsp3) is 0.526. The lowest BCUT2D eigenvalue weighted by Crippen LogP contribution is -2.44. The summed E-state index contributed by atoms with van der Waals surface area (Å²) in [6.07, 6.45) is 6.03. The molecule has 6 nitrogen and oxygen atoms in total. The van der Waals surface area contributed by atoms with E-state index in [4.69, 9.17) is 4.52 Å². The Kier molecular flexibility index (Phi) is 4.53. The highest BCUT2D eigenvalue weighted by Gasteiger charge is 2.29. The summed E-state index contributed by atoms with van der Waals surface area (Å²) in [6, 6.07) is 7.51. The van der Waals surface area contributed by atoms with Crippen molar-refractivity contribution >= 4 is 5.91 Å². The molecule has 0 radical (unpaired) electrons. The Morgan fingerprint density at radius 3 is 2.72 bits per heavy atom. The fourth-order valence-corrected chi connectivity index (χ4v) is 3.50. The number of likely N-dealkylation sites (tertiary alicyclic amines) is 1. The Morgan fingerprint density at radius 1 is 1.20 bits per heavy atom. The minimum Gasteiger partial charge on any atom is -0.396 e. The molecule has 6 heteroatoms. The molecule has 0 spiro atoms. The van der Waals surface area contributed by atoms with Gasteiger partial charge in [-0.15, -0.1) is 0 Å². The van der Waals surface area contributed by atoms with Crippen LogP contribution in [0.25, 0.3) is 11.5 Å². The number of benzene rings is 1. The second-order valence-electron chi connectivity index (χ2n) is 6.97. The molecule has 1 amide bonds. The number of amides is 1. The van der Waals surface area contributed by atoms with Crippen LogP contribution in [0.15, 0.2) is 28.8 Å². The van der Waals surface area contributed by atoms with Gasteiger partial charge in [0.15, 0.2) is 5.82 Å². The maximum absolute atomic E-state index is 12.8. The topological polar surface area (TPSA) is 79.5 Å². The number of rotatable bonds is 5. The van der Waals surface area contributed by atoms with E-state index < -0.39 is 0 Å². The molecule has 2 heterocycles. The van der Waals surface area contributed by atoms with Gasteiger partial charge in [-0.25, -0.2) is 0 Å². The van der Waals surface area contributed by atoms with E-state index in [9.17, 15) is 9.90 Å². The van der Waals surface area contributed by atoms with Crippen molar-refractivity contribution in [2.75, 3.05) is 13.2 Å². The molecule has 4 rings (SSSR count). The SMILES string of the molecule is O=C(c1ccc(-c2nc(C3CC3)no2)cc1)N1CCCCC1CCO. The smallest absolute Gasteiger partial charge is 0.257 e. The molecule has 1 aliphatic heterocycles. The quantitative estimate of drug-likeness (QED) is 0.904. The van der Waals surface area contributed by atoms with Crippen LogP contribution < -0.4 is 0 Å². The monoisotopic (exact) mass is 341 g/mol. The van der Waals surface area contributed by atoms with Crippen molar-refractivity contribution in [3.8, 4) is 11.5 Å². The highest BCUT2D eigenvalue weighted by atomic mass is 16.5. The van der Waals surface area contributed by atoms with E-state index in [1.54, 1.807) is 0 Å². The van der Waals surface area contributed by atoms with Crippen molar-refractivity contribution in [2.24, 2.45) is 0 Å². The summed E-state index contributed by atoms with van der Waals surface area (Å²) >= 11 is 0. The largest absolute Gasteiger partial charge is 0.396 e. The van der Waals surface area contributed by atoms with E-state index in [0.29, 0.717) is 23.8 Å². The molecular weight excluding hydrogens is 318 g/mol. The molecule has 25 heavy (non-hydrogen) atoms. The second-order valence-corrected chi connectivity index (χ2v) is 6.97. The Hall–Kier alpha value is -2.21. The van der Waals surface area contributed by atoms with Gasteiger partial charge < -0.3 is 14.5 Å². The number of piperidine rings is 1. The van der Waals surface area contributed by atoms with Crippen molar-refractivity contribution in [2.45, 2.75) is 50.5 Å². The number of carbonyl (C=O) groups is 1. The van der Waals surface area contributed by atoms with Gasteiger partial charge in [0.05, 0.1) is 0 Å². The number of hydrogen-bond acceptors (Lipinski definition) is 5. The molecule has 2 aliphatic rings. The minimum absolute atomic E-state index is 0.0360. The summed E-state index contributed by atoms with van der Waals surface area (Å²) in [5.74, 6) is 1.79. The maximum atomic E-state index is 12.8. The van der Waals surface area contributed by atoms with Crippen LogP contribution in [0.5, 0.6) is 0 Å². The zero-order chi connectivity index (χ0) is 17.2. The average Bonchev–Trinajstić information content (AvgIpc) is 3.39. The summed E-state index contributed by atoms with van der Waals surface area (Å²) in [4.78, 5) is 19.2. The van der Waals surface area contributed by atoms with Gasteiger partial charge in [0.25, 0.3) is 11.8 Å². The Bertz CT molecular complexity index is 735. The number of carbonyl (C=O) groups excluding carboxylic acids is 1. The van der Waals surface area contributed by atoms with Gasteiger partial charge in [-0.05, 0) is 62.8 Å². The standard InChI is InChI=1S/C19H23N3O3/c23-12-10-16-3-1-2-11-22(16)19(24)15-8-6-14(7-9-15)18-20-17(21-25-18)13-4-5-13/h6-9,13,16,23H,1-5,10-12H2. The molecule has 1 saturated carbocycles. The molecule has 1 saturated heterocycles. The van der Waals surface area contributed by atoms with E-state index in [2.05, 4.69) is 10.1 Å². The normalized spacial score (nSPS) is 20.7. The van der Waals surface area contributed by atoms with Crippen molar-refractivity contribution in [1.29, 1.82) is 0 Å². The summed E-state index contributed by atoms with van der Waals surface area (Å²) < 4.78 is 5.33. The first kappa shape index (κ1) is 16.3. The van der Waals surface area contributed by atoms with Crippen LogP contribution in [0.2, 0.25) is 0 Å². The first-order valence-corrected chi connectivity index (χ1v) is 9.12. The number of aromatic nitrogens is 2. The predicted molar refractivity (Wildman–Crippen MR) is 92.1 cm³/mol. The molecule has 2 aromatic rings. The summed E-state index contributed by atoms with van der Waals surface area (Å²) in [7, 11) is 0. The summed E-state index contributed by atoms with van der Waals surface area (Å²) in [6.45, 7) is 0.882. The highest BCUT2D eigenvalue weighted by Crippen LogP contribution is 2.38. The molecule has 1 aromatic carbocycles. The van der Waals surface area contributed by atoms with Gasteiger partial charge >= 0.3 is 0 Å². The molecule has 1 N–H and O–H groups in total. The van der Waals surface area contributed by atoms with E-state index in [1.807, 2.05) is 29.2 Å². The van der Waals surface area contributed by atoms with Crippen LogP contribution in [0.1, 0.15) is 60.6 Å². The van der Waals surface area contributed by atoms with Crippen LogP contribution >= 0.6 is 0 Å². The summed E-state index contributed by atoms with van der Waals surface area (Å²) in [5.41, 5.74) is 1.50. The lowest BCUT2D eigenvalue weighted by Gasteiger charge is -2.35. The third-order valence-corrected chi connectivity index (χ3v) is 5.11. The predicted octanol–water partition coefficient (Wildman–Crippen LogP) is 2.99. The lowest BCUT2D eigenvalue weighted by molar-refractivity contribution is 0.0574. The zero-order valence-electron chi connectivity index (χ0n) is 14.2. The van der Waals surface area contributed by atoms with Crippen molar-refractivity contribution in [3.05, 3.63) is 35.7 Å². The first-order valence-electron chi connectivity index (χ1n) is 9.12. The van der Waals surface area contributed by atoms with E-state index >= 15 is 0 Å². The Labute approximate surface area is 146 Å². The fourth-order valence-electron chi connectivity index (χ4n) is 3.50. The summed E-state index contributed by atoms with van der Waals surface area (Å²) in [5, 5.41) is 13.3. The Morgan fingerprint density at radius 2 is 2.00 bits per heavy atom. The molecule has 1 unspecified atom stereocenters. The van der Waals surface area contributed by atoms with Gasteiger partial charge in [-0.2, -0.15) is 4.98 Å². The van der Waals surface area contributed by atoms with E-state index in [-0.39, 0.29) is 18.6 Å². The van der Waals surface area contributed by atoms with Gasteiger partial charge in [-0.3, -0.25) is 4.79 Å².